The molecule has 0 unspecified atom stereocenters. The molecular formula is C21H18N2O6S. The molecule has 2 aromatic carbocycles. The van der Waals surface area contributed by atoms with E-state index in [1.165, 1.54) is 24.3 Å². The van der Waals surface area contributed by atoms with Gasteiger partial charge >= 0.3 is 5.97 Å². The molecule has 0 saturated carbocycles. The highest BCUT2D eigenvalue weighted by Gasteiger charge is 2.33. The van der Waals surface area contributed by atoms with E-state index in [1.807, 2.05) is 0 Å². The molecule has 8 nitrogen and oxygen atoms in total. The Bertz CT molecular complexity index is 1100. The molecule has 1 aliphatic heterocycles. The summed E-state index contributed by atoms with van der Waals surface area (Å²) in [4.78, 5) is 27.5. The van der Waals surface area contributed by atoms with Crippen molar-refractivity contribution in [2.45, 2.75) is 13.8 Å². The SMILES string of the molecule is CCOC(=O)C1=C(O)/C(=C\c2ccc(O)c(C)c2)SC1=Nc1ccc([N+](=O)[O-])cc1. The lowest BCUT2D eigenvalue weighted by Gasteiger charge is -2.03. The van der Waals surface area contributed by atoms with Crippen LogP contribution in [-0.4, -0.2) is 32.8 Å². The molecule has 0 aromatic heterocycles. The van der Waals surface area contributed by atoms with Crippen LogP contribution in [0.3, 0.4) is 0 Å². The van der Waals surface area contributed by atoms with E-state index in [-0.39, 0.29) is 34.4 Å². The lowest BCUT2D eigenvalue weighted by atomic mass is 10.1. The van der Waals surface area contributed by atoms with Crippen molar-refractivity contribution in [2.24, 2.45) is 4.99 Å². The number of nitro groups is 1. The first-order valence-electron chi connectivity index (χ1n) is 8.93. The first kappa shape index (κ1) is 21.1. The van der Waals surface area contributed by atoms with Gasteiger partial charge in [-0.25, -0.2) is 9.79 Å². The van der Waals surface area contributed by atoms with E-state index in [4.69, 9.17) is 4.74 Å². The molecule has 9 heteroatoms. The summed E-state index contributed by atoms with van der Waals surface area (Å²) in [6.45, 7) is 3.53. The molecule has 0 saturated heterocycles. The van der Waals surface area contributed by atoms with Crippen LogP contribution in [0.2, 0.25) is 0 Å². The maximum absolute atomic E-state index is 12.4. The van der Waals surface area contributed by atoms with Crippen LogP contribution in [0.4, 0.5) is 11.4 Å². The smallest absolute Gasteiger partial charge is 0.344 e. The topological polar surface area (TPSA) is 122 Å². The molecule has 2 N–H and O–H groups in total. The average Bonchev–Trinajstić information content (AvgIpc) is 3.00. The largest absolute Gasteiger partial charge is 0.508 e. The van der Waals surface area contributed by atoms with Crippen LogP contribution < -0.4 is 0 Å². The quantitative estimate of drug-likeness (QED) is 0.400. The fourth-order valence-corrected chi connectivity index (χ4v) is 3.71. The zero-order valence-electron chi connectivity index (χ0n) is 16.2. The zero-order valence-corrected chi connectivity index (χ0v) is 17.0. The number of phenols is 1. The number of nitrogens with zero attached hydrogens (tertiary/aromatic N) is 2. The highest BCUT2D eigenvalue weighted by molar-refractivity contribution is 8.18. The number of carbonyl (C=O) groups excluding carboxylic acids is 1. The minimum Gasteiger partial charge on any atom is -0.508 e. The monoisotopic (exact) mass is 426 g/mol. The number of esters is 1. The summed E-state index contributed by atoms with van der Waals surface area (Å²) >= 11 is 1.08. The minimum atomic E-state index is -0.714. The van der Waals surface area contributed by atoms with Gasteiger partial charge in [-0.1, -0.05) is 17.8 Å². The number of rotatable bonds is 5. The molecule has 0 aliphatic carbocycles. The summed E-state index contributed by atoms with van der Waals surface area (Å²) in [5.41, 5.74) is 1.63. The Hall–Kier alpha value is -3.59. The van der Waals surface area contributed by atoms with Crippen LogP contribution in [0.1, 0.15) is 18.1 Å². The maximum Gasteiger partial charge on any atom is 0.344 e. The van der Waals surface area contributed by atoms with Crippen molar-refractivity contribution in [1.82, 2.24) is 0 Å². The van der Waals surface area contributed by atoms with Crippen molar-refractivity contribution < 1.29 is 24.7 Å². The third-order valence-corrected chi connectivity index (χ3v) is 5.20. The Morgan fingerprint density at radius 3 is 2.53 bits per heavy atom. The molecule has 3 rings (SSSR count). The van der Waals surface area contributed by atoms with Gasteiger partial charge < -0.3 is 14.9 Å². The van der Waals surface area contributed by atoms with Crippen molar-refractivity contribution in [3.8, 4) is 5.75 Å². The third kappa shape index (κ3) is 4.52. The number of aliphatic hydroxyl groups excluding tert-OH is 1. The number of aromatic hydroxyl groups is 1. The van der Waals surface area contributed by atoms with Crippen molar-refractivity contribution in [3.05, 3.63) is 79.9 Å². The molecule has 0 fully saturated rings. The molecule has 2 aromatic rings. The molecule has 1 heterocycles. The fraction of sp³-hybridized carbons (Fsp3) is 0.143. The Morgan fingerprint density at radius 1 is 1.23 bits per heavy atom. The molecular weight excluding hydrogens is 408 g/mol. The number of aryl methyl sites for hydroxylation is 1. The number of hydrogen-bond donors (Lipinski definition) is 2. The molecule has 0 bridgehead atoms. The predicted molar refractivity (Wildman–Crippen MR) is 115 cm³/mol. The van der Waals surface area contributed by atoms with Crippen LogP contribution in [0, 0.1) is 17.0 Å². The van der Waals surface area contributed by atoms with Crippen LogP contribution in [0.5, 0.6) is 5.75 Å². The number of thioether (sulfide) groups is 1. The van der Waals surface area contributed by atoms with Crippen molar-refractivity contribution in [2.75, 3.05) is 6.61 Å². The first-order chi connectivity index (χ1) is 14.3. The number of ether oxygens (including phenoxy) is 1. The number of carbonyl (C=O) groups is 1. The number of hydrogen-bond acceptors (Lipinski definition) is 8. The Balaban J connectivity index is 2.02. The zero-order chi connectivity index (χ0) is 21.8. The average molecular weight is 426 g/mol. The summed E-state index contributed by atoms with van der Waals surface area (Å²) in [6.07, 6.45) is 1.67. The summed E-state index contributed by atoms with van der Waals surface area (Å²) in [7, 11) is 0. The van der Waals surface area contributed by atoms with E-state index >= 15 is 0 Å². The van der Waals surface area contributed by atoms with Crippen LogP contribution >= 0.6 is 11.8 Å². The van der Waals surface area contributed by atoms with Gasteiger partial charge in [-0.3, -0.25) is 10.1 Å². The van der Waals surface area contributed by atoms with Crippen LogP contribution in [0.15, 0.2) is 63.7 Å². The summed E-state index contributed by atoms with van der Waals surface area (Å²) < 4.78 is 5.05. The molecule has 154 valence electrons. The third-order valence-electron chi connectivity index (χ3n) is 4.18. The van der Waals surface area contributed by atoms with E-state index in [1.54, 1.807) is 38.1 Å². The van der Waals surface area contributed by atoms with E-state index < -0.39 is 10.9 Å². The molecule has 1 aliphatic rings. The Labute approximate surface area is 176 Å². The summed E-state index contributed by atoms with van der Waals surface area (Å²) in [6, 6.07) is 10.5. The lowest BCUT2D eigenvalue weighted by molar-refractivity contribution is -0.384. The summed E-state index contributed by atoms with van der Waals surface area (Å²) in [5, 5.41) is 31.4. The minimum absolute atomic E-state index is 0.0676. The van der Waals surface area contributed by atoms with Gasteiger partial charge in [0, 0.05) is 12.1 Å². The first-order valence-corrected chi connectivity index (χ1v) is 9.75. The summed E-state index contributed by atoms with van der Waals surface area (Å²) in [5.74, 6) is -0.818. The second-order valence-electron chi connectivity index (χ2n) is 6.29. The van der Waals surface area contributed by atoms with Gasteiger partial charge in [0.25, 0.3) is 5.69 Å². The van der Waals surface area contributed by atoms with Crippen molar-refractivity contribution in [1.29, 1.82) is 0 Å². The van der Waals surface area contributed by atoms with E-state index in [9.17, 15) is 25.1 Å². The molecule has 0 radical (unpaired) electrons. The van der Waals surface area contributed by atoms with Crippen molar-refractivity contribution >= 4 is 40.2 Å². The van der Waals surface area contributed by atoms with E-state index in [0.29, 0.717) is 16.2 Å². The van der Waals surface area contributed by atoms with Crippen molar-refractivity contribution in [3.63, 3.8) is 0 Å². The van der Waals surface area contributed by atoms with Gasteiger partial charge in [0.05, 0.1) is 22.1 Å². The second kappa shape index (κ2) is 8.83. The standard InChI is InChI=1S/C21H18N2O6S/c1-3-29-21(26)18-19(25)17(11-13-4-9-16(24)12(2)10-13)30-20(18)22-14-5-7-15(8-6-14)23(27)28/h4-11,24-25H,3H2,1-2H3/b17-11+,22-20?. The number of phenolic OH excluding ortho intramolecular Hbond substituents is 1. The van der Waals surface area contributed by atoms with Crippen LogP contribution in [-0.2, 0) is 9.53 Å². The highest BCUT2D eigenvalue weighted by Crippen LogP contribution is 2.40. The van der Waals surface area contributed by atoms with Crippen LogP contribution in [0.25, 0.3) is 6.08 Å². The van der Waals surface area contributed by atoms with Gasteiger partial charge in [-0.2, -0.15) is 0 Å². The molecule has 30 heavy (non-hydrogen) atoms. The van der Waals surface area contributed by atoms with E-state index in [2.05, 4.69) is 4.99 Å². The number of aliphatic hydroxyl groups is 1. The molecule has 0 atom stereocenters. The van der Waals surface area contributed by atoms with Gasteiger partial charge in [-0.05, 0) is 55.3 Å². The van der Waals surface area contributed by atoms with Gasteiger partial charge in [0.1, 0.15) is 22.1 Å². The maximum atomic E-state index is 12.4. The molecule has 0 amide bonds. The number of benzene rings is 2. The number of aliphatic imine (C=N–C) groups is 1. The second-order valence-corrected chi connectivity index (χ2v) is 7.32. The fourth-order valence-electron chi connectivity index (χ4n) is 2.68. The number of nitro benzene ring substituents is 1. The molecule has 0 spiro atoms. The Kier molecular flexibility index (Phi) is 6.22. The van der Waals surface area contributed by atoms with Gasteiger partial charge in [-0.15, -0.1) is 0 Å². The normalized spacial score (nSPS) is 16.3. The highest BCUT2D eigenvalue weighted by atomic mass is 32.2. The van der Waals surface area contributed by atoms with Gasteiger partial charge in [0.2, 0.25) is 0 Å². The lowest BCUT2D eigenvalue weighted by Crippen LogP contribution is -2.12. The van der Waals surface area contributed by atoms with E-state index in [0.717, 1.165) is 17.3 Å². The van der Waals surface area contributed by atoms with Gasteiger partial charge in [0.15, 0.2) is 0 Å². The number of non-ortho nitro benzene ring substituents is 1. The Morgan fingerprint density at radius 2 is 1.93 bits per heavy atom. The predicted octanol–water partition coefficient (Wildman–Crippen LogP) is 4.80.